The van der Waals surface area contributed by atoms with Crippen LogP contribution in [0.3, 0.4) is 0 Å². The van der Waals surface area contributed by atoms with Crippen molar-refractivity contribution >= 4 is 26.8 Å². The average molecular weight is 333 g/mol. The number of hydrogen-bond acceptors (Lipinski definition) is 1. The molecule has 3 aromatic rings. The molecule has 0 amide bonds. The minimum Gasteiger partial charge on any atom is -0.361 e. The Kier molecular flexibility index (Phi) is 3.85. The van der Waals surface area contributed by atoms with E-state index >= 15 is 0 Å². The fourth-order valence-corrected chi connectivity index (χ4v) is 2.72. The Morgan fingerprint density at radius 1 is 1.05 bits per heavy atom. The summed E-state index contributed by atoms with van der Waals surface area (Å²) in [5.41, 5.74) is 3.00. The van der Waals surface area contributed by atoms with E-state index in [2.05, 4.69) is 38.4 Å². The third-order valence-corrected chi connectivity index (χ3v) is 3.82. The smallest absolute Gasteiger partial charge is 0.127 e. The maximum absolute atomic E-state index is 13.6. The van der Waals surface area contributed by atoms with Crippen molar-refractivity contribution in [3.8, 4) is 0 Å². The van der Waals surface area contributed by atoms with Gasteiger partial charge in [-0.15, -0.1) is 0 Å². The monoisotopic (exact) mass is 332 g/mol. The van der Waals surface area contributed by atoms with Crippen molar-refractivity contribution in [2.45, 2.75) is 13.1 Å². The summed E-state index contributed by atoms with van der Waals surface area (Å²) in [6.45, 7) is 1.22. The number of nitrogens with one attached hydrogen (secondary N) is 2. The molecule has 0 spiro atoms. The van der Waals surface area contributed by atoms with Gasteiger partial charge in [-0.1, -0.05) is 28.1 Å². The molecule has 0 aliphatic heterocycles. The third-order valence-electron chi connectivity index (χ3n) is 3.32. The largest absolute Gasteiger partial charge is 0.361 e. The van der Waals surface area contributed by atoms with Gasteiger partial charge in [-0.2, -0.15) is 0 Å². The van der Waals surface area contributed by atoms with Crippen molar-refractivity contribution < 1.29 is 4.39 Å². The van der Waals surface area contributed by atoms with Crippen molar-refractivity contribution in [3.05, 3.63) is 70.1 Å². The number of hydrogen-bond donors (Lipinski definition) is 2. The predicted molar refractivity (Wildman–Crippen MR) is 82.9 cm³/mol. The van der Waals surface area contributed by atoms with E-state index in [1.54, 1.807) is 12.1 Å². The lowest BCUT2D eigenvalue weighted by atomic mass is 10.1. The molecule has 2 aromatic carbocycles. The zero-order valence-electron chi connectivity index (χ0n) is 10.8. The summed E-state index contributed by atoms with van der Waals surface area (Å²) in [6, 6.07) is 13.2. The number of halogens is 2. The molecule has 2 N–H and O–H groups in total. The highest BCUT2D eigenvalue weighted by atomic mass is 79.9. The minimum atomic E-state index is -0.180. The third kappa shape index (κ3) is 2.76. The molecule has 0 aliphatic carbocycles. The number of H-pyrrole nitrogens is 1. The molecule has 1 aromatic heterocycles. The highest BCUT2D eigenvalue weighted by molar-refractivity contribution is 9.10. The van der Waals surface area contributed by atoms with Gasteiger partial charge in [0.2, 0.25) is 0 Å². The summed E-state index contributed by atoms with van der Waals surface area (Å²) < 4.78 is 14.5. The van der Waals surface area contributed by atoms with Crippen molar-refractivity contribution in [2.24, 2.45) is 0 Å². The van der Waals surface area contributed by atoms with Crippen LogP contribution in [-0.4, -0.2) is 4.98 Å². The van der Waals surface area contributed by atoms with Gasteiger partial charge in [0.15, 0.2) is 0 Å². The van der Waals surface area contributed by atoms with Crippen LogP contribution in [0.4, 0.5) is 4.39 Å². The predicted octanol–water partition coefficient (Wildman–Crippen LogP) is 4.36. The van der Waals surface area contributed by atoms with Gasteiger partial charge in [0.25, 0.3) is 0 Å². The number of aromatic nitrogens is 1. The summed E-state index contributed by atoms with van der Waals surface area (Å²) >= 11 is 3.36. The molecule has 102 valence electrons. The Balaban J connectivity index is 1.71. The van der Waals surface area contributed by atoms with E-state index in [4.69, 9.17) is 0 Å². The lowest BCUT2D eigenvalue weighted by molar-refractivity contribution is 0.588. The van der Waals surface area contributed by atoms with E-state index in [0.717, 1.165) is 9.99 Å². The second kappa shape index (κ2) is 5.77. The Morgan fingerprint density at radius 2 is 1.90 bits per heavy atom. The molecular weight excluding hydrogens is 319 g/mol. The molecule has 2 nitrogen and oxygen atoms in total. The standard InChI is InChI=1S/C16H14BrFN2/c17-13-4-5-15(18)12(8-13)10-19-9-11-2-1-3-16-14(11)6-7-20-16/h1-8,19-20H,9-10H2. The highest BCUT2D eigenvalue weighted by Gasteiger charge is 2.04. The lowest BCUT2D eigenvalue weighted by Gasteiger charge is -2.08. The van der Waals surface area contributed by atoms with E-state index in [1.165, 1.54) is 17.0 Å². The first-order valence-corrected chi connectivity index (χ1v) is 7.23. The summed E-state index contributed by atoms with van der Waals surface area (Å²) in [7, 11) is 0. The van der Waals surface area contributed by atoms with E-state index < -0.39 is 0 Å². The van der Waals surface area contributed by atoms with Crippen LogP contribution in [-0.2, 0) is 13.1 Å². The van der Waals surface area contributed by atoms with E-state index in [0.29, 0.717) is 18.7 Å². The quantitative estimate of drug-likeness (QED) is 0.729. The summed E-state index contributed by atoms with van der Waals surface area (Å²) in [5, 5.41) is 4.50. The van der Waals surface area contributed by atoms with Crippen LogP contribution in [0.5, 0.6) is 0 Å². The first-order chi connectivity index (χ1) is 9.74. The topological polar surface area (TPSA) is 27.8 Å². The van der Waals surface area contributed by atoms with Gasteiger partial charge in [-0.3, -0.25) is 0 Å². The molecular formula is C16H14BrFN2. The second-order valence-electron chi connectivity index (χ2n) is 4.70. The van der Waals surface area contributed by atoms with Gasteiger partial charge in [-0.05, 0) is 35.9 Å². The average Bonchev–Trinajstić information content (AvgIpc) is 2.92. The second-order valence-corrected chi connectivity index (χ2v) is 5.61. The molecule has 4 heteroatoms. The molecule has 0 atom stereocenters. The first-order valence-electron chi connectivity index (χ1n) is 6.43. The summed E-state index contributed by atoms with van der Waals surface area (Å²) in [5.74, 6) is -0.180. The fraction of sp³-hybridized carbons (Fsp3) is 0.125. The normalized spacial score (nSPS) is 11.1. The van der Waals surface area contributed by atoms with Crippen molar-refractivity contribution in [2.75, 3.05) is 0 Å². The zero-order chi connectivity index (χ0) is 13.9. The van der Waals surface area contributed by atoms with Gasteiger partial charge in [0, 0.05) is 40.2 Å². The van der Waals surface area contributed by atoms with Crippen molar-refractivity contribution in [3.63, 3.8) is 0 Å². The molecule has 0 aliphatic rings. The van der Waals surface area contributed by atoms with Crippen LogP contribution in [0.25, 0.3) is 10.9 Å². The van der Waals surface area contributed by atoms with Gasteiger partial charge in [0.1, 0.15) is 5.82 Å². The minimum absolute atomic E-state index is 0.180. The Morgan fingerprint density at radius 3 is 2.80 bits per heavy atom. The summed E-state index contributed by atoms with van der Waals surface area (Å²) in [4.78, 5) is 3.19. The molecule has 0 saturated carbocycles. The van der Waals surface area contributed by atoms with Crippen LogP contribution in [0.15, 0.2) is 53.1 Å². The van der Waals surface area contributed by atoms with Crippen LogP contribution in [0.1, 0.15) is 11.1 Å². The molecule has 0 fully saturated rings. The summed E-state index contributed by atoms with van der Waals surface area (Å²) in [6.07, 6.45) is 1.93. The van der Waals surface area contributed by atoms with Gasteiger partial charge in [-0.25, -0.2) is 4.39 Å². The fourth-order valence-electron chi connectivity index (χ4n) is 2.32. The maximum Gasteiger partial charge on any atom is 0.127 e. The number of aromatic amines is 1. The van der Waals surface area contributed by atoms with E-state index in [-0.39, 0.29) is 5.82 Å². The van der Waals surface area contributed by atoms with E-state index in [1.807, 2.05) is 18.3 Å². The Labute approximate surface area is 125 Å². The molecule has 0 saturated heterocycles. The first kappa shape index (κ1) is 13.3. The SMILES string of the molecule is Fc1ccc(Br)cc1CNCc1cccc2[nH]ccc12. The molecule has 0 unspecified atom stereocenters. The molecule has 3 rings (SSSR count). The molecule has 0 radical (unpaired) electrons. The van der Waals surface area contributed by atoms with Crippen molar-refractivity contribution in [1.82, 2.24) is 10.3 Å². The Bertz CT molecular complexity index is 736. The van der Waals surface area contributed by atoms with Gasteiger partial charge < -0.3 is 10.3 Å². The lowest BCUT2D eigenvalue weighted by Crippen LogP contribution is -2.13. The van der Waals surface area contributed by atoms with E-state index in [9.17, 15) is 4.39 Å². The Hall–Kier alpha value is -1.65. The van der Waals surface area contributed by atoms with Crippen LogP contribution in [0.2, 0.25) is 0 Å². The molecule has 0 bridgehead atoms. The zero-order valence-corrected chi connectivity index (χ0v) is 12.4. The van der Waals surface area contributed by atoms with Crippen molar-refractivity contribution in [1.29, 1.82) is 0 Å². The maximum atomic E-state index is 13.6. The number of rotatable bonds is 4. The van der Waals surface area contributed by atoms with Gasteiger partial charge >= 0.3 is 0 Å². The van der Waals surface area contributed by atoms with Crippen LogP contribution >= 0.6 is 15.9 Å². The number of benzene rings is 2. The van der Waals surface area contributed by atoms with Crippen LogP contribution in [0, 0.1) is 5.82 Å². The molecule has 1 heterocycles. The van der Waals surface area contributed by atoms with Gasteiger partial charge in [0.05, 0.1) is 0 Å². The highest BCUT2D eigenvalue weighted by Crippen LogP contribution is 2.18. The number of fused-ring (bicyclic) bond motifs is 1. The van der Waals surface area contributed by atoms with Crippen LogP contribution < -0.4 is 5.32 Å². The molecule has 20 heavy (non-hydrogen) atoms.